The second kappa shape index (κ2) is 12.1. The zero-order valence-corrected chi connectivity index (χ0v) is 20.0. The molecule has 1 N–H and O–H groups in total. The number of likely N-dealkylation sites (tertiary alicyclic amines) is 2. The van der Waals surface area contributed by atoms with Crippen LogP contribution in [0.4, 0.5) is 0 Å². The summed E-state index contributed by atoms with van der Waals surface area (Å²) in [5.74, 6) is 0.382. The highest BCUT2D eigenvalue weighted by Gasteiger charge is 2.34. The van der Waals surface area contributed by atoms with Gasteiger partial charge in [0.1, 0.15) is 11.4 Å². The Hall–Kier alpha value is -2.79. The number of hydrogen-bond donors (Lipinski definition) is 1. The zero-order valence-electron chi connectivity index (χ0n) is 20.0. The molecule has 2 heterocycles. The van der Waals surface area contributed by atoms with E-state index in [0.29, 0.717) is 18.9 Å². The molecule has 0 aliphatic carbocycles. The Morgan fingerprint density at radius 2 is 1.24 bits per heavy atom. The van der Waals surface area contributed by atoms with Gasteiger partial charge in [-0.1, -0.05) is 91.0 Å². The minimum absolute atomic E-state index is 0.382. The Labute approximate surface area is 203 Å². The van der Waals surface area contributed by atoms with Gasteiger partial charge in [0.15, 0.2) is 0 Å². The predicted molar refractivity (Wildman–Crippen MR) is 137 cm³/mol. The number of carbonyl (C=O) groups excluding carboxylic acids is 1. The summed E-state index contributed by atoms with van der Waals surface area (Å²) in [4.78, 5) is 15.8. The van der Waals surface area contributed by atoms with Crippen molar-refractivity contribution in [2.75, 3.05) is 26.2 Å². The molecule has 0 spiro atoms. The molecule has 1 atom stereocenters. The van der Waals surface area contributed by atoms with E-state index in [2.05, 4.69) is 46.2 Å². The molecule has 178 valence electrons. The van der Waals surface area contributed by atoms with E-state index >= 15 is 0 Å². The van der Waals surface area contributed by atoms with Gasteiger partial charge in [-0.05, 0) is 49.0 Å². The molecule has 1 unspecified atom stereocenters. The van der Waals surface area contributed by atoms with Crippen LogP contribution in [0.2, 0.25) is 0 Å². The maximum atomic E-state index is 11.2. The third kappa shape index (κ3) is 7.10. The van der Waals surface area contributed by atoms with Crippen molar-refractivity contribution in [3.8, 4) is 0 Å². The zero-order chi connectivity index (χ0) is 23.6. The average Bonchev–Trinajstić information content (AvgIpc) is 2.86. The highest BCUT2D eigenvalue weighted by molar-refractivity contribution is 5.81. The Bertz CT molecular complexity index is 1010. The van der Waals surface area contributed by atoms with Crippen molar-refractivity contribution in [2.24, 2.45) is 0 Å². The third-order valence-electron chi connectivity index (χ3n) is 6.69. The van der Waals surface area contributed by atoms with Gasteiger partial charge in [-0.25, -0.2) is 0 Å². The number of benzene rings is 3. The van der Waals surface area contributed by atoms with Crippen LogP contribution >= 0.6 is 0 Å². The second-order valence-electron chi connectivity index (χ2n) is 9.54. The maximum absolute atomic E-state index is 11.2. The molecule has 0 bridgehead atoms. The minimum Gasteiger partial charge on any atom is -0.384 e. The number of hydrogen-bond acceptors (Lipinski definition) is 4. The first-order valence-corrected chi connectivity index (χ1v) is 12.4. The SMILES string of the molecule is O=C1CCCN(Cc2ccccc2)C1.OC1(c2ccccc2)CCCN(Cc2ccccc2)C1. The lowest BCUT2D eigenvalue weighted by Gasteiger charge is -2.39. The molecule has 0 aromatic heterocycles. The molecule has 2 saturated heterocycles. The van der Waals surface area contributed by atoms with Crippen molar-refractivity contribution in [3.05, 3.63) is 108 Å². The van der Waals surface area contributed by atoms with E-state index in [1.54, 1.807) is 0 Å². The molecular formula is C30H36N2O2. The molecule has 3 aromatic carbocycles. The average molecular weight is 457 g/mol. The number of rotatable bonds is 5. The van der Waals surface area contributed by atoms with E-state index in [9.17, 15) is 9.90 Å². The summed E-state index contributed by atoms with van der Waals surface area (Å²) in [5, 5.41) is 10.9. The molecular weight excluding hydrogens is 420 g/mol. The number of β-amino-alcohol motifs (C(OH)–C–C–N with tert-alkyl or cyclic N) is 1. The van der Waals surface area contributed by atoms with Crippen molar-refractivity contribution >= 4 is 5.78 Å². The number of nitrogens with zero attached hydrogens (tertiary/aromatic N) is 2. The first kappa shape index (κ1) is 24.3. The standard InChI is InChI=1S/C18H21NO.C12H15NO/c20-18(17-10-5-2-6-11-17)12-7-13-19(15-18)14-16-8-3-1-4-9-16;14-12-7-4-8-13(10-12)9-11-5-2-1-3-6-11/h1-6,8-11,20H,7,12-15H2;1-3,5-6H,4,7-10H2. The number of Topliss-reactive ketones (excluding diaryl/α,β-unsaturated/α-hetero) is 1. The van der Waals surface area contributed by atoms with E-state index in [-0.39, 0.29) is 0 Å². The molecule has 0 saturated carbocycles. The topological polar surface area (TPSA) is 43.8 Å². The van der Waals surface area contributed by atoms with Crippen LogP contribution in [0.25, 0.3) is 0 Å². The summed E-state index contributed by atoms with van der Waals surface area (Å²) in [6.07, 6.45) is 3.68. The lowest BCUT2D eigenvalue weighted by atomic mass is 9.85. The Balaban J connectivity index is 0.000000172. The van der Waals surface area contributed by atoms with E-state index < -0.39 is 5.60 Å². The lowest BCUT2D eigenvalue weighted by molar-refractivity contribution is -0.122. The van der Waals surface area contributed by atoms with Crippen LogP contribution in [0.15, 0.2) is 91.0 Å². The largest absolute Gasteiger partial charge is 0.384 e. The molecule has 34 heavy (non-hydrogen) atoms. The summed E-state index contributed by atoms with van der Waals surface area (Å²) in [5.41, 5.74) is 2.94. The molecule has 2 fully saturated rings. The Morgan fingerprint density at radius 1 is 0.706 bits per heavy atom. The van der Waals surface area contributed by atoms with Crippen LogP contribution in [0.1, 0.15) is 42.4 Å². The van der Waals surface area contributed by atoms with Crippen molar-refractivity contribution in [2.45, 2.75) is 44.4 Å². The van der Waals surface area contributed by atoms with Gasteiger partial charge in [0.2, 0.25) is 0 Å². The number of ketones is 1. The fourth-order valence-corrected chi connectivity index (χ4v) is 4.97. The van der Waals surface area contributed by atoms with Gasteiger partial charge in [0.05, 0.1) is 6.54 Å². The summed E-state index contributed by atoms with van der Waals surface area (Å²) in [6, 6.07) is 30.9. The Kier molecular flexibility index (Phi) is 8.64. The summed E-state index contributed by atoms with van der Waals surface area (Å²) in [7, 11) is 0. The number of piperidine rings is 2. The van der Waals surface area contributed by atoms with Crippen molar-refractivity contribution in [3.63, 3.8) is 0 Å². The van der Waals surface area contributed by atoms with Crippen molar-refractivity contribution < 1.29 is 9.90 Å². The van der Waals surface area contributed by atoms with Crippen LogP contribution in [0, 0.1) is 0 Å². The predicted octanol–water partition coefficient (Wildman–Crippen LogP) is 5.02. The van der Waals surface area contributed by atoms with Gasteiger partial charge in [-0.15, -0.1) is 0 Å². The van der Waals surface area contributed by atoms with Crippen LogP contribution in [0.3, 0.4) is 0 Å². The minimum atomic E-state index is -0.700. The highest BCUT2D eigenvalue weighted by Crippen LogP contribution is 2.31. The summed E-state index contributed by atoms with van der Waals surface area (Å²) in [6.45, 7) is 5.29. The fraction of sp³-hybridized carbons (Fsp3) is 0.367. The molecule has 4 heteroatoms. The lowest BCUT2D eigenvalue weighted by Crippen LogP contribution is -2.45. The monoisotopic (exact) mass is 456 g/mol. The first-order chi connectivity index (χ1) is 16.6. The van der Waals surface area contributed by atoms with E-state index in [0.717, 1.165) is 57.4 Å². The number of aliphatic hydroxyl groups is 1. The first-order valence-electron chi connectivity index (χ1n) is 12.4. The van der Waals surface area contributed by atoms with Crippen LogP contribution < -0.4 is 0 Å². The molecule has 0 radical (unpaired) electrons. The van der Waals surface area contributed by atoms with Crippen LogP contribution in [-0.4, -0.2) is 46.9 Å². The van der Waals surface area contributed by atoms with Gasteiger partial charge in [-0.2, -0.15) is 0 Å². The smallest absolute Gasteiger partial charge is 0.146 e. The van der Waals surface area contributed by atoms with Gasteiger partial charge < -0.3 is 5.11 Å². The summed E-state index contributed by atoms with van der Waals surface area (Å²) >= 11 is 0. The molecule has 0 amide bonds. The van der Waals surface area contributed by atoms with Crippen molar-refractivity contribution in [1.29, 1.82) is 0 Å². The molecule has 5 rings (SSSR count). The Morgan fingerprint density at radius 3 is 1.82 bits per heavy atom. The van der Waals surface area contributed by atoms with E-state index in [4.69, 9.17) is 0 Å². The normalized spacial score (nSPS) is 21.5. The number of carbonyl (C=O) groups is 1. The molecule has 4 nitrogen and oxygen atoms in total. The van der Waals surface area contributed by atoms with Gasteiger partial charge in [0, 0.05) is 26.1 Å². The van der Waals surface area contributed by atoms with Crippen LogP contribution in [0.5, 0.6) is 0 Å². The second-order valence-corrected chi connectivity index (χ2v) is 9.54. The molecule has 2 aliphatic rings. The highest BCUT2D eigenvalue weighted by atomic mass is 16.3. The van der Waals surface area contributed by atoms with E-state index in [1.165, 1.54) is 11.1 Å². The van der Waals surface area contributed by atoms with Gasteiger partial charge >= 0.3 is 0 Å². The fourth-order valence-electron chi connectivity index (χ4n) is 4.97. The molecule has 2 aliphatic heterocycles. The van der Waals surface area contributed by atoms with Crippen LogP contribution in [-0.2, 0) is 23.5 Å². The van der Waals surface area contributed by atoms with E-state index in [1.807, 2.05) is 54.6 Å². The third-order valence-corrected chi connectivity index (χ3v) is 6.69. The van der Waals surface area contributed by atoms with Gasteiger partial charge in [0.25, 0.3) is 0 Å². The molecule has 3 aromatic rings. The van der Waals surface area contributed by atoms with Crippen molar-refractivity contribution in [1.82, 2.24) is 9.80 Å². The summed E-state index contributed by atoms with van der Waals surface area (Å²) < 4.78 is 0. The van der Waals surface area contributed by atoms with Gasteiger partial charge in [-0.3, -0.25) is 14.6 Å². The quantitative estimate of drug-likeness (QED) is 0.585. The maximum Gasteiger partial charge on any atom is 0.146 e.